The molecular weight excluding hydrogens is 540 g/mol. The van der Waals surface area contributed by atoms with E-state index >= 15 is 0 Å². The molecule has 2 bridgehead atoms. The highest BCUT2D eigenvalue weighted by Gasteiger charge is 2.62. The molecule has 4 atom stereocenters. The van der Waals surface area contributed by atoms with Crippen LogP contribution in [0.2, 0.25) is 0 Å². The summed E-state index contributed by atoms with van der Waals surface area (Å²) >= 11 is 0. The van der Waals surface area contributed by atoms with E-state index in [4.69, 9.17) is 19.4 Å². The molecule has 2 saturated heterocycles. The molecule has 40 heavy (non-hydrogen) atoms. The van der Waals surface area contributed by atoms with Gasteiger partial charge in [-0.2, -0.15) is 8.42 Å². The molecule has 1 amide bonds. The van der Waals surface area contributed by atoms with Crippen LogP contribution in [0.5, 0.6) is 0 Å². The third-order valence-corrected chi connectivity index (χ3v) is 8.53. The maximum atomic E-state index is 12.4. The number of rotatable bonds is 18. The Hall–Kier alpha value is -2.39. The van der Waals surface area contributed by atoms with Gasteiger partial charge in [-0.25, -0.2) is 19.7 Å². The maximum absolute atomic E-state index is 12.4. The fourth-order valence-corrected chi connectivity index (χ4v) is 6.11. The van der Waals surface area contributed by atoms with Crippen LogP contribution in [-0.2, 0) is 28.8 Å². The van der Waals surface area contributed by atoms with E-state index in [0.717, 1.165) is 19.3 Å². The van der Waals surface area contributed by atoms with E-state index in [1.165, 1.54) is 64.0 Å². The molecule has 0 unspecified atom stereocenters. The monoisotopic (exact) mass is 582 g/mol. The summed E-state index contributed by atoms with van der Waals surface area (Å²) in [5.74, 6) is -0.435. The molecule has 13 nitrogen and oxygen atoms in total. The highest BCUT2D eigenvalue weighted by Crippen LogP contribution is 2.46. The molecule has 2 aliphatic rings. The van der Waals surface area contributed by atoms with Crippen molar-refractivity contribution in [2.75, 3.05) is 18.9 Å². The number of nitrogens with zero attached hydrogens (tertiary/aromatic N) is 4. The number of hydrogen-bond donors (Lipinski definition) is 3. The van der Waals surface area contributed by atoms with Crippen molar-refractivity contribution in [3.05, 3.63) is 12.7 Å². The third-order valence-electron chi connectivity index (χ3n) is 7.62. The smallest absolute Gasteiger partial charge is 0.362 e. The topological polar surface area (TPSA) is 181 Å². The van der Waals surface area contributed by atoms with Gasteiger partial charge < -0.3 is 20.3 Å². The van der Waals surface area contributed by atoms with Crippen LogP contribution in [0.4, 0.5) is 5.82 Å². The summed E-state index contributed by atoms with van der Waals surface area (Å²) in [5, 5.41) is 10.8. The SMILES string of the molecule is CCCCCCCCCCCCCCC(=O)NS(=O)(=O)OC[C@@]12CO[C@@H]([C@H](n3cnc4c(N)ncnc43)O1)[C@@H]2O. The van der Waals surface area contributed by atoms with Gasteiger partial charge in [-0.15, -0.1) is 0 Å². The Morgan fingerprint density at radius 1 is 1.10 bits per heavy atom. The van der Waals surface area contributed by atoms with Gasteiger partial charge in [0.1, 0.15) is 36.3 Å². The second kappa shape index (κ2) is 14.0. The number of aromatic nitrogens is 4. The standard InChI is InChI=1S/C26H42N6O7S/c1-2-3-4-5-6-7-8-9-10-11-12-13-14-19(33)31-40(35,36)38-16-26-15-37-21(22(26)34)25(39-26)32-18-30-20-23(27)28-17-29-24(20)32/h17-18,21-22,25,34H,2-16H2,1H3,(H,31,33)(H2,27,28,29)/t21-,22+,25-,26-/m1/s1. The largest absolute Gasteiger partial charge is 0.387 e. The first-order valence-corrected chi connectivity index (χ1v) is 15.8. The molecule has 4 heterocycles. The van der Waals surface area contributed by atoms with Gasteiger partial charge >= 0.3 is 10.3 Å². The molecule has 224 valence electrons. The lowest BCUT2D eigenvalue weighted by Gasteiger charge is -2.30. The summed E-state index contributed by atoms with van der Waals surface area (Å²) in [6.07, 6.45) is 13.9. The molecule has 0 aliphatic carbocycles. The first-order valence-electron chi connectivity index (χ1n) is 14.4. The molecular formula is C26H42N6O7S. The number of carbonyl (C=O) groups excluding carboxylic acids is 1. The number of nitrogen functional groups attached to an aromatic ring is 1. The van der Waals surface area contributed by atoms with Crippen molar-refractivity contribution in [2.24, 2.45) is 0 Å². The van der Waals surface area contributed by atoms with Gasteiger partial charge in [0.15, 0.2) is 17.7 Å². The normalized spacial score (nSPS) is 24.2. The van der Waals surface area contributed by atoms with Gasteiger partial charge in [0.05, 0.1) is 12.9 Å². The van der Waals surface area contributed by atoms with Gasteiger partial charge in [0, 0.05) is 6.42 Å². The number of ether oxygens (including phenoxy) is 2. The molecule has 4 rings (SSSR count). The number of amides is 1. The van der Waals surface area contributed by atoms with E-state index in [1.807, 2.05) is 4.72 Å². The number of anilines is 1. The minimum atomic E-state index is -4.40. The number of unbranched alkanes of at least 4 members (excludes halogenated alkanes) is 11. The predicted octanol–water partition coefficient (Wildman–Crippen LogP) is 2.90. The minimum absolute atomic E-state index is 0.0819. The number of hydrogen-bond acceptors (Lipinski definition) is 11. The first kappa shape index (κ1) is 30.6. The third kappa shape index (κ3) is 7.46. The number of aliphatic hydroxyl groups excluding tert-OH is 1. The maximum Gasteiger partial charge on any atom is 0.362 e. The summed E-state index contributed by atoms with van der Waals surface area (Å²) in [4.78, 5) is 24.5. The molecule has 4 N–H and O–H groups in total. The van der Waals surface area contributed by atoms with Crippen molar-refractivity contribution in [1.82, 2.24) is 24.2 Å². The van der Waals surface area contributed by atoms with Crippen molar-refractivity contribution >= 4 is 33.2 Å². The fraction of sp³-hybridized carbons (Fsp3) is 0.769. The average Bonchev–Trinajstić information content (AvgIpc) is 3.58. The van der Waals surface area contributed by atoms with E-state index in [1.54, 1.807) is 4.57 Å². The van der Waals surface area contributed by atoms with E-state index in [-0.39, 0.29) is 18.8 Å². The Morgan fingerprint density at radius 3 is 2.42 bits per heavy atom. The highest BCUT2D eigenvalue weighted by atomic mass is 32.2. The molecule has 0 spiro atoms. The molecule has 2 aromatic heterocycles. The van der Waals surface area contributed by atoms with Gasteiger partial charge in [-0.05, 0) is 6.42 Å². The van der Waals surface area contributed by atoms with E-state index in [9.17, 15) is 18.3 Å². The molecule has 2 aliphatic heterocycles. The van der Waals surface area contributed by atoms with E-state index in [0.29, 0.717) is 17.6 Å². The van der Waals surface area contributed by atoms with Crippen molar-refractivity contribution in [3.8, 4) is 0 Å². The van der Waals surface area contributed by atoms with Crippen LogP contribution in [0.15, 0.2) is 12.7 Å². The van der Waals surface area contributed by atoms with Crippen LogP contribution in [0.25, 0.3) is 11.2 Å². The van der Waals surface area contributed by atoms with Gasteiger partial charge in [0.2, 0.25) is 5.91 Å². The summed E-state index contributed by atoms with van der Waals surface area (Å²) < 4.78 is 45.2. The summed E-state index contributed by atoms with van der Waals surface area (Å²) in [6.45, 7) is 1.61. The number of carbonyl (C=O) groups is 1. The Bertz CT molecular complexity index is 1230. The summed E-state index contributed by atoms with van der Waals surface area (Å²) in [7, 11) is -4.40. The lowest BCUT2D eigenvalue weighted by Crippen LogP contribution is -2.47. The number of fused-ring (bicyclic) bond motifs is 3. The average molecular weight is 583 g/mol. The molecule has 0 radical (unpaired) electrons. The highest BCUT2D eigenvalue weighted by molar-refractivity contribution is 7.85. The number of nitrogens with one attached hydrogen (secondary N) is 1. The Balaban J connectivity index is 1.15. The molecule has 2 fully saturated rings. The van der Waals surface area contributed by atoms with Crippen molar-refractivity contribution in [3.63, 3.8) is 0 Å². The van der Waals surface area contributed by atoms with Crippen LogP contribution in [0, 0.1) is 0 Å². The first-order chi connectivity index (χ1) is 19.3. The van der Waals surface area contributed by atoms with Gasteiger partial charge in [-0.3, -0.25) is 13.5 Å². The zero-order valence-electron chi connectivity index (χ0n) is 23.2. The second-order valence-corrected chi connectivity index (χ2v) is 12.1. The summed E-state index contributed by atoms with van der Waals surface area (Å²) in [6, 6.07) is 0. The van der Waals surface area contributed by atoms with Gasteiger partial charge in [-0.1, -0.05) is 77.6 Å². The molecule has 0 saturated carbocycles. The number of aliphatic hydroxyl groups is 1. The molecule has 2 aromatic rings. The van der Waals surface area contributed by atoms with E-state index in [2.05, 4.69) is 21.9 Å². The van der Waals surface area contributed by atoms with Crippen LogP contribution < -0.4 is 10.5 Å². The summed E-state index contributed by atoms with van der Waals surface area (Å²) in [5.41, 5.74) is 5.15. The zero-order valence-corrected chi connectivity index (χ0v) is 24.0. The van der Waals surface area contributed by atoms with Crippen LogP contribution in [0.1, 0.15) is 96.6 Å². The Labute approximate surface area is 235 Å². The minimum Gasteiger partial charge on any atom is -0.387 e. The quantitative estimate of drug-likeness (QED) is 0.220. The van der Waals surface area contributed by atoms with Crippen molar-refractivity contribution < 1.29 is 32.0 Å². The number of imidazole rings is 1. The van der Waals surface area contributed by atoms with Gasteiger partial charge in [0.25, 0.3) is 0 Å². The van der Waals surface area contributed by atoms with Crippen molar-refractivity contribution in [2.45, 2.75) is 114 Å². The van der Waals surface area contributed by atoms with Crippen molar-refractivity contribution in [1.29, 1.82) is 0 Å². The van der Waals surface area contributed by atoms with Crippen LogP contribution >= 0.6 is 0 Å². The Kier molecular flexibility index (Phi) is 10.7. The Morgan fingerprint density at radius 2 is 1.75 bits per heavy atom. The predicted molar refractivity (Wildman–Crippen MR) is 147 cm³/mol. The van der Waals surface area contributed by atoms with Crippen LogP contribution in [0.3, 0.4) is 0 Å². The van der Waals surface area contributed by atoms with E-state index < -0.39 is 46.9 Å². The lowest BCUT2D eigenvalue weighted by atomic mass is 10.0. The molecule has 14 heteroatoms. The lowest BCUT2D eigenvalue weighted by molar-refractivity contribution is -0.182. The fourth-order valence-electron chi connectivity index (χ4n) is 5.32. The number of nitrogens with two attached hydrogens (primary N) is 1. The molecule has 0 aromatic carbocycles. The van der Waals surface area contributed by atoms with Crippen LogP contribution in [-0.4, -0.2) is 70.0 Å². The zero-order chi connectivity index (χ0) is 28.6. The second-order valence-electron chi connectivity index (χ2n) is 10.8.